The largest absolute Gasteiger partial charge is 0.481 e. The van der Waals surface area contributed by atoms with E-state index in [0.29, 0.717) is 0 Å². The summed E-state index contributed by atoms with van der Waals surface area (Å²) >= 11 is 0. The normalized spacial score (nSPS) is 13.6. The fraction of sp³-hybridized carbons (Fsp3) is 0.750. The van der Waals surface area contributed by atoms with Crippen molar-refractivity contribution < 1.29 is 24.6 Å². The first-order valence-corrected chi connectivity index (χ1v) is 6.34. The Hall–Kier alpha value is -1.63. The summed E-state index contributed by atoms with van der Waals surface area (Å²) in [7, 11) is 0. The van der Waals surface area contributed by atoms with E-state index in [-0.39, 0.29) is 37.6 Å². The van der Waals surface area contributed by atoms with E-state index in [1.807, 2.05) is 13.8 Å². The van der Waals surface area contributed by atoms with Crippen LogP contribution in [0.3, 0.4) is 0 Å². The molecule has 0 saturated heterocycles. The fourth-order valence-electron chi connectivity index (χ4n) is 1.67. The van der Waals surface area contributed by atoms with E-state index >= 15 is 0 Å². The Morgan fingerprint density at radius 2 is 1.84 bits per heavy atom. The second kappa shape index (κ2) is 9.32. The minimum Gasteiger partial charge on any atom is -0.481 e. The van der Waals surface area contributed by atoms with E-state index in [2.05, 4.69) is 10.6 Å². The van der Waals surface area contributed by atoms with Gasteiger partial charge in [0.25, 0.3) is 0 Å². The van der Waals surface area contributed by atoms with Gasteiger partial charge in [-0.05, 0) is 26.3 Å². The predicted octanol–water partition coefficient (Wildman–Crippen LogP) is 0.199. The average Bonchev–Trinajstić information content (AvgIpc) is 2.27. The molecule has 0 aromatic rings. The van der Waals surface area contributed by atoms with Crippen LogP contribution in [0.15, 0.2) is 0 Å². The van der Waals surface area contributed by atoms with Crippen molar-refractivity contribution in [3.05, 3.63) is 0 Å². The Bertz CT molecular complexity index is 319. The molecule has 0 rings (SSSR count). The molecular formula is C12H22N2O5. The van der Waals surface area contributed by atoms with E-state index in [1.54, 1.807) is 0 Å². The number of hydrogen-bond acceptors (Lipinski definition) is 4. The summed E-state index contributed by atoms with van der Waals surface area (Å²) in [4.78, 5) is 32.9. The van der Waals surface area contributed by atoms with Crippen molar-refractivity contribution in [2.45, 2.75) is 51.6 Å². The highest BCUT2D eigenvalue weighted by Crippen LogP contribution is 2.03. The van der Waals surface area contributed by atoms with E-state index in [1.165, 1.54) is 0 Å². The molecule has 110 valence electrons. The first-order chi connectivity index (χ1) is 8.86. The lowest BCUT2D eigenvalue weighted by atomic mass is 10.1. The van der Waals surface area contributed by atoms with E-state index in [4.69, 9.17) is 10.2 Å². The second-order valence-electron chi connectivity index (χ2n) is 4.41. The molecule has 0 bridgehead atoms. The van der Waals surface area contributed by atoms with Crippen LogP contribution in [0.4, 0.5) is 0 Å². The average molecular weight is 274 g/mol. The minimum atomic E-state index is -1.14. The van der Waals surface area contributed by atoms with Gasteiger partial charge in [-0.2, -0.15) is 0 Å². The van der Waals surface area contributed by atoms with Crippen LogP contribution in [0.5, 0.6) is 0 Å². The standard InChI is InChI=1S/C12H22N2O5/c1-3-13-8(2)7-10(15)14-9(12(18)19)5-4-6-11(16)17/h8-9,13H,3-7H2,1-2H3,(H,14,15)(H,16,17)(H,18,19)/t8?,9-/m1/s1. The summed E-state index contributed by atoms with van der Waals surface area (Å²) in [5.74, 6) is -2.47. The van der Waals surface area contributed by atoms with Crippen molar-refractivity contribution >= 4 is 17.8 Å². The van der Waals surface area contributed by atoms with Crippen LogP contribution in [0.1, 0.15) is 39.5 Å². The molecule has 1 unspecified atom stereocenters. The molecule has 4 N–H and O–H groups in total. The topological polar surface area (TPSA) is 116 Å². The number of carboxylic acid groups (broad SMARTS) is 2. The Balaban J connectivity index is 4.15. The molecule has 0 saturated carbocycles. The molecule has 7 nitrogen and oxygen atoms in total. The lowest BCUT2D eigenvalue weighted by Gasteiger charge is -2.16. The third-order valence-corrected chi connectivity index (χ3v) is 2.56. The lowest BCUT2D eigenvalue weighted by molar-refractivity contribution is -0.142. The highest BCUT2D eigenvalue weighted by Gasteiger charge is 2.20. The monoisotopic (exact) mass is 274 g/mol. The van der Waals surface area contributed by atoms with Gasteiger partial charge in [-0.25, -0.2) is 4.79 Å². The van der Waals surface area contributed by atoms with Gasteiger partial charge in [0.1, 0.15) is 6.04 Å². The van der Waals surface area contributed by atoms with Crippen LogP contribution >= 0.6 is 0 Å². The fourth-order valence-corrected chi connectivity index (χ4v) is 1.67. The highest BCUT2D eigenvalue weighted by molar-refractivity contribution is 5.83. The molecule has 0 radical (unpaired) electrons. The maximum Gasteiger partial charge on any atom is 0.326 e. The molecule has 2 atom stereocenters. The van der Waals surface area contributed by atoms with E-state index < -0.39 is 18.0 Å². The Labute approximate surface area is 112 Å². The number of nitrogens with one attached hydrogen (secondary N) is 2. The zero-order valence-electron chi connectivity index (χ0n) is 11.3. The third-order valence-electron chi connectivity index (χ3n) is 2.56. The van der Waals surface area contributed by atoms with Gasteiger partial charge in [-0.1, -0.05) is 6.92 Å². The highest BCUT2D eigenvalue weighted by atomic mass is 16.4. The smallest absolute Gasteiger partial charge is 0.326 e. The molecule has 0 aromatic heterocycles. The first-order valence-electron chi connectivity index (χ1n) is 6.34. The number of amides is 1. The van der Waals surface area contributed by atoms with E-state index in [0.717, 1.165) is 6.54 Å². The van der Waals surface area contributed by atoms with Crippen molar-refractivity contribution in [2.24, 2.45) is 0 Å². The zero-order valence-corrected chi connectivity index (χ0v) is 11.3. The second-order valence-corrected chi connectivity index (χ2v) is 4.41. The zero-order chi connectivity index (χ0) is 14.8. The number of carboxylic acids is 2. The molecule has 0 fully saturated rings. The Morgan fingerprint density at radius 1 is 1.21 bits per heavy atom. The van der Waals surface area contributed by atoms with Gasteiger partial charge in [-0.3, -0.25) is 9.59 Å². The number of hydrogen-bond donors (Lipinski definition) is 4. The van der Waals surface area contributed by atoms with Gasteiger partial charge >= 0.3 is 11.9 Å². The molecule has 0 heterocycles. The molecule has 0 aliphatic heterocycles. The van der Waals surface area contributed by atoms with Crippen LogP contribution in [-0.4, -0.2) is 46.7 Å². The van der Waals surface area contributed by atoms with Gasteiger partial charge in [-0.15, -0.1) is 0 Å². The van der Waals surface area contributed by atoms with Crippen molar-refractivity contribution in [2.75, 3.05) is 6.54 Å². The van der Waals surface area contributed by atoms with E-state index in [9.17, 15) is 14.4 Å². The molecule has 0 aliphatic carbocycles. The van der Waals surface area contributed by atoms with Crippen LogP contribution in [0, 0.1) is 0 Å². The molecule has 0 aliphatic rings. The van der Waals surface area contributed by atoms with Gasteiger partial charge < -0.3 is 20.8 Å². The quantitative estimate of drug-likeness (QED) is 0.452. The van der Waals surface area contributed by atoms with Gasteiger partial charge in [0, 0.05) is 18.9 Å². The van der Waals surface area contributed by atoms with Crippen LogP contribution in [0.2, 0.25) is 0 Å². The molecule has 0 spiro atoms. The molecule has 1 amide bonds. The summed E-state index contributed by atoms with van der Waals surface area (Å²) in [5.41, 5.74) is 0. The molecule has 7 heteroatoms. The van der Waals surface area contributed by atoms with Crippen molar-refractivity contribution in [3.8, 4) is 0 Å². The van der Waals surface area contributed by atoms with Crippen molar-refractivity contribution in [3.63, 3.8) is 0 Å². The molecule has 19 heavy (non-hydrogen) atoms. The Morgan fingerprint density at radius 3 is 2.32 bits per heavy atom. The van der Waals surface area contributed by atoms with Crippen LogP contribution in [0.25, 0.3) is 0 Å². The van der Waals surface area contributed by atoms with Gasteiger partial charge in [0.2, 0.25) is 5.91 Å². The maximum absolute atomic E-state index is 11.6. The third kappa shape index (κ3) is 9.01. The summed E-state index contributed by atoms with van der Waals surface area (Å²) in [6.07, 6.45) is 0.419. The summed E-state index contributed by atoms with van der Waals surface area (Å²) in [5, 5.41) is 22.9. The minimum absolute atomic E-state index is 0.0292. The number of carbonyl (C=O) groups is 3. The van der Waals surface area contributed by atoms with Gasteiger partial charge in [0.05, 0.1) is 0 Å². The van der Waals surface area contributed by atoms with Gasteiger partial charge in [0.15, 0.2) is 0 Å². The van der Waals surface area contributed by atoms with Crippen LogP contribution in [-0.2, 0) is 14.4 Å². The predicted molar refractivity (Wildman–Crippen MR) is 68.8 cm³/mol. The summed E-state index contributed by atoms with van der Waals surface area (Å²) in [6.45, 7) is 4.49. The van der Waals surface area contributed by atoms with Crippen molar-refractivity contribution in [1.29, 1.82) is 0 Å². The number of rotatable bonds is 10. The lowest BCUT2D eigenvalue weighted by Crippen LogP contribution is -2.43. The summed E-state index contributed by atoms with van der Waals surface area (Å²) < 4.78 is 0. The summed E-state index contributed by atoms with van der Waals surface area (Å²) in [6, 6.07) is -1.06. The number of aliphatic carboxylic acids is 2. The van der Waals surface area contributed by atoms with Crippen LogP contribution < -0.4 is 10.6 Å². The molecule has 0 aromatic carbocycles. The van der Waals surface area contributed by atoms with Crippen molar-refractivity contribution in [1.82, 2.24) is 10.6 Å². The first kappa shape index (κ1) is 17.4. The number of carbonyl (C=O) groups excluding carboxylic acids is 1. The molecular weight excluding hydrogens is 252 g/mol. The Kier molecular flexibility index (Phi) is 8.52. The maximum atomic E-state index is 11.6. The SMILES string of the molecule is CCNC(C)CC(=O)N[C@H](CCCC(=O)O)C(=O)O.